The number of nitrogens with zero attached hydrogens (tertiary/aromatic N) is 2. The molecule has 0 radical (unpaired) electrons. The van der Waals surface area contributed by atoms with Gasteiger partial charge in [0.2, 0.25) is 0 Å². The minimum absolute atomic E-state index is 0.193. The molecule has 2 aromatic heterocycles. The first-order valence-electron chi connectivity index (χ1n) is 8.83. The van der Waals surface area contributed by atoms with Gasteiger partial charge in [0.1, 0.15) is 5.75 Å². The van der Waals surface area contributed by atoms with Crippen LogP contribution in [0.5, 0.6) is 5.75 Å². The Labute approximate surface area is 167 Å². The fraction of sp³-hybridized carbons (Fsp3) is 0.136. The van der Waals surface area contributed by atoms with Gasteiger partial charge in [-0.3, -0.25) is 9.78 Å². The fourth-order valence-corrected chi connectivity index (χ4v) is 3.68. The van der Waals surface area contributed by atoms with E-state index in [-0.39, 0.29) is 5.91 Å². The molecule has 0 saturated heterocycles. The van der Waals surface area contributed by atoms with Crippen LogP contribution in [-0.4, -0.2) is 23.0 Å². The molecule has 0 aliphatic rings. The van der Waals surface area contributed by atoms with Crippen LogP contribution in [-0.2, 0) is 0 Å². The Morgan fingerprint density at radius 2 is 1.93 bits per heavy atom. The summed E-state index contributed by atoms with van der Waals surface area (Å²) in [6.45, 7) is 3.82. The van der Waals surface area contributed by atoms with Crippen molar-refractivity contribution in [1.29, 1.82) is 0 Å². The number of thiazole rings is 1. The Morgan fingerprint density at radius 1 is 1.07 bits per heavy atom. The molecule has 140 valence electrons. The molecule has 4 rings (SSSR count). The van der Waals surface area contributed by atoms with E-state index in [4.69, 9.17) is 4.74 Å². The van der Waals surface area contributed by atoms with E-state index in [9.17, 15) is 4.79 Å². The van der Waals surface area contributed by atoms with E-state index in [1.165, 1.54) is 0 Å². The van der Waals surface area contributed by atoms with Crippen LogP contribution in [0.1, 0.15) is 21.1 Å². The maximum atomic E-state index is 12.9. The molecule has 6 heteroatoms. The van der Waals surface area contributed by atoms with Crippen LogP contribution in [0, 0.1) is 13.8 Å². The normalized spacial score (nSPS) is 10.8. The first-order chi connectivity index (χ1) is 13.5. The summed E-state index contributed by atoms with van der Waals surface area (Å²) in [5.74, 6) is 0.539. The predicted molar refractivity (Wildman–Crippen MR) is 113 cm³/mol. The molecular weight excluding hydrogens is 370 g/mol. The summed E-state index contributed by atoms with van der Waals surface area (Å²) in [5.41, 5.74) is 4.65. The standard InChI is InChI=1S/C22H19N3O2S/c1-13-19(11-16-10-18(27-3)7-8-20(16)23-13)22(26)25-17-6-4-5-15(9-17)21-12-28-14(2)24-21/h4-12H,1-3H3,(H,25,26). The molecule has 0 aliphatic heterocycles. The van der Waals surface area contributed by atoms with Gasteiger partial charge in [0.15, 0.2) is 0 Å². The van der Waals surface area contributed by atoms with Gasteiger partial charge in [0.25, 0.3) is 5.91 Å². The molecule has 0 unspecified atom stereocenters. The second-order valence-electron chi connectivity index (χ2n) is 6.47. The molecular formula is C22H19N3O2S. The number of carbonyl (C=O) groups excluding carboxylic acids is 1. The number of benzene rings is 2. The van der Waals surface area contributed by atoms with Crippen molar-refractivity contribution in [2.45, 2.75) is 13.8 Å². The molecule has 0 bridgehead atoms. The zero-order valence-corrected chi connectivity index (χ0v) is 16.6. The molecule has 0 saturated carbocycles. The van der Waals surface area contributed by atoms with Gasteiger partial charge in [-0.15, -0.1) is 11.3 Å². The Kier molecular flexibility index (Phi) is 4.79. The van der Waals surface area contributed by atoms with Crippen LogP contribution in [0.4, 0.5) is 5.69 Å². The quantitative estimate of drug-likeness (QED) is 0.519. The lowest BCUT2D eigenvalue weighted by Crippen LogP contribution is -2.14. The molecule has 28 heavy (non-hydrogen) atoms. The highest BCUT2D eigenvalue weighted by atomic mass is 32.1. The second-order valence-corrected chi connectivity index (χ2v) is 7.53. The number of aromatic nitrogens is 2. The van der Waals surface area contributed by atoms with Gasteiger partial charge >= 0.3 is 0 Å². The molecule has 2 aromatic carbocycles. The van der Waals surface area contributed by atoms with Crippen LogP contribution in [0.15, 0.2) is 53.9 Å². The number of hydrogen-bond donors (Lipinski definition) is 1. The molecule has 2 heterocycles. The molecule has 0 spiro atoms. The lowest BCUT2D eigenvalue weighted by atomic mass is 10.1. The molecule has 0 aliphatic carbocycles. The SMILES string of the molecule is COc1ccc2nc(C)c(C(=O)Nc3cccc(-c4csc(C)n4)c3)cc2c1. The third kappa shape index (κ3) is 3.59. The summed E-state index contributed by atoms with van der Waals surface area (Å²) >= 11 is 1.60. The third-order valence-electron chi connectivity index (χ3n) is 4.49. The molecule has 4 aromatic rings. The van der Waals surface area contributed by atoms with Gasteiger partial charge < -0.3 is 10.1 Å². The lowest BCUT2D eigenvalue weighted by Gasteiger charge is -2.10. The van der Waals surface area contributed by atoms with Gasteiger partial charge in [0, 0.05) is 22.0 Å². The molecule has 1 amide bonds. The zero-order chi connectivity index (χ0) is 19.7. The van der Waals surface area contributed by atoms with Crippen molar-refractivity contribution in [3.8, 4) is 17.0 Å². The van der Waals surface area contributed by atoms with E-state index in [1.807, 2.05) is 67.8 Å². The summed E-state index contributed by atoms with van der Waals surface area (Å²) in [4.78, 5) is 22.0. The van der Waals surface area contributed by atoms with Gasteiger partial charge in [-0.2, -0.15) is 0 Å². The number of ether oxygens (including phenoxy) is 1. The smallest absolute Gasteiger partial charge is 0.257 e. The van der Waals surface area contributed by atoms with E-state index in [0.29, 0.717) is 11.3 Å². The number of hydrogen-bond acceptors (Lipinski definition) is 5. The van der Waals surface area contributed by atoms with Crippen molar-refractivity contribution in [2.75, 3.05) is 12.4 Å². The molecule has 5 nitrogen and oxygen atoms in total. The van der Waals surface area contributed by atoms with E-state index in [2.05, 4.69) is 15.3 Å². The van der Waals surface area contributed by atoms with E-state index in [1.54, 1.807) is 18.4 Å². The van der Waals surface area contributed by atoms with Crippen molar-refractivity contribution in [1.82, 2.24) is 9.97 Å². The Balaban J connectivity index is 1.64. The van der Waals surface area contributed by atoms with Crippen molar-refractivity contribution < 1.29 is 9.53 Å². The number of carbonyl (C=O) groups is 1. The first-order valence-corrected chi connectivity index (χ1v) is 9.71. The van der Waals surface area contributed by atoms with Gasteiger partial charge in [-0.05, 0) is 50.2 Å². The van der Waals surface area contributed by atoms with Crippen LogP contribution in [0.2, 0.25) is 0 Å². The van der Waals surface area contributed by atoms with E-state index >= 15 is 0 Å². The number of methoxy groups -OCH3 is 1. The van der Waals surface area contributed by atoms with Crippen LogP contribution < -0.4 is 10.1 Å². The third-order valence-corrected chi connectivity index (χ3v) is 5.27. The average Bonchev–Trinajstić information content (AvgIpc) is 3.13. The van der Waals surface area contributed by atoms with Gasteiger partial charge in [-0.25, -0.2) is 4.98 Å². The summed E-state index contributed by atoms with van der Waals surface area (Å²) in [6.07, 6.45) is 0. The van der Waals surface area contributed by atoms with Crippen LogP contribution in [0.25, 0.3) is 22.2 Å². The Bertz CT molecular complexity index is 1180. The van der Waals surface area contributed by atoms with Crippen molar-refractivity contribution >= 4 is 33.8 Å². The number of aryl methyl sites for hydroxylation is 2. The van der Waals surface area contributed by atoms with E-state index in [0.717, 1.165) is 38.6 Å². The summed E-state index contributed by atoms with van der Waals surface area (Å²) in [6, 6.07) is 15.2. The predicted octanol–water partition coefficient (Wildman–Crippen LogP) is 5.24. The number of amides is 1. The maximum Gasteiger partial charge on any atom is 0.257 e. The van der Waals surface area contributed by atoms with Crippen LogP contribution >= 0.6 is 11.3 Å². The highest BCUT2D eigenvalue weighted by Crippen LogP contribution is 2.26. The number of rotatable bonds is 4. The lowest BCUT2D eigenvalue weighted by molar-refractivity contribution is 0.102. The number of anilines is 1. The fourth-order valence-electron chi connectivity index (χ4n) is 3.06. The zero-order valence-electron chi connectivity index (χ0n) is 15.8. The van der Waals surface area contributed by atoms with Crippen molar-refractivity contribution in [3.05, 3.63) is 70.2 Å². The second kappa shape index (κ2) is 7.40. The van der Waals surface area contributed by atoms with Crippen molar-refractivity contribution in [2.24, 2.45) is 0 Å². The molecule has 1 N–H and O–H groups in total. The maximum absolute atomic E-state index is 12.9. The Hall–Kier alpha value is -3.25. The van der Waals surface area contributed by atoms with E-state index < -0.39 is 0 Å². The first kappa shape index (κ1) is 18.1. The number of fused-ring (bicyclic) bond motifs is 1. The molecule has 0 fully saturated rings. The van der Waals surface area contributed by atoms with Crippen LogP contribution in [0.3, 0.4) is 0 Å². The van der Waals surface area contributed by atoms with Crippen molar-refractivity contribution in [3.63, 3.8) is 0 Å². The topological polar surface area (TPSA) is 64.1 Å². The minimum atomic E-state index is -0.193. The van der Waals surface area contributed by atoms with Gasteiger partial charge in [0.05, 0.1) is 34.6 Å². The monoisotopic (exact) mass is 389 g/mol. The highest BCUT2D eigenvalue weighted by Gasteiger charge is 2.13. The largest absolute Gasteiger partial charge is 0.497 e. The summed E-state index contributed by atoms with van der Waals surface area (Å²) in [7, 11) is 1.62. The number of pyridine rings is 1. The summed E-state index contributed by atoms with van der Waals surface area (Å²) in [5, 5.41) is 6.86. The summed E-state index contributed by atoms with van der Waals surface area (Å²) < 4.78 is 5.27. The molecule has 0 atom stereocenters. The van der Waals surface area contributed by atoms with Gasteiger partial charge in [-0.1, -0.05) is 12.1 Å². The Morgan fingerprint density at radius 3 is 2.68 bits per heavy atom. The highest BCUT2D eigenvalue weighted by molar-refractivity contribution is 7.09. The average molecular weight is 389 g/mol. The minimum Gasteiger partial charge on any atom is -0.497 e. The number of nitrogens with one attached hydrogen (secondary N) is 1.